The maximum atomic E-state index is 13.7. The molecule has 1 aliphatic rings. The number of benzene rings is 2. The van der Waals surface area contributed by atoms with E-state index >= 15 is 0 Å². The molecular weight excluding hydrogens is 540 g/mol. The first-order valence-electron chi connectivity index (χ1n) is 13.5. The summed E-state index contributed by atoms with van der Waals surface area (Å²) in [6.07, 6.45) is 1.29. The lowest BCUT2D eigenvalue weighted by Gasteiger charge is -2.19. The number of carbonyl (C=O) groups excluding carboxylic acids is 3. The third-order valence-electron chi connectivity index (χ3n) is 7.63. The van der Waals surface area contributed by atoms with Gasteiger partial charge in [-0.1, -0.05) is 55.0 Å². The Bertz CT molecular complexity index is 1730. The second-order valence-electron chi connectivity index (χ2n) is 10.6. The molecule has 2 atom stereocenters. The summed E-state index contributed by atoms with van der Waals surface area (Å²) in [5.41, 5.74) is 3.32. The molecule has 1 aliphatic carbocycles. The Morgan fingerprint density at radius 3 is 2.41 bits per heavy atom. The van der Waals surface area contributed by atoms with Crippen molar-refractivity contribution in [3.63, 3.8) is 0 Å². The summed E-state index contributed by atoms with van der Waals surface area (Å²) in [5.74, 6) is -1.42. The smallest absolute Gasteiger partial charge is 0.356 e. The van der Waals surface area contributed by atoms with Gasteiger partial charge in [0.25, 0.3) is 11.5 Å². The zero-order valence-electron chi connectivity index (χ0n) is 23.7. The summed E-state index contributed by atoms with van der Waals surface area (Å²) in [4.78, 5) is 53.9. The van der Waals surface area contributed by atoms with Crippen molar-refractivity contribution < 1.29 is 23.9 Å². The maximum absolute atomic E-state index is 13.7. The van der Waals surface area contributed by atoms with Crippen LogP contribution in [-0.4, -0.2) is 35.6 Å². The third-order valence-corrected chi connectivity index (χ3v) is 8.80. The standard InChI is InChI=1S/C32H32N2O6S/c1-17-10-13-20(14-11-17)25-21-8-6-7-9-22(21)30(36)34(4)27(25)32(38)40-19(3)28(35)33-29-26(31(37)39-5)23-15-12-18(2)16-24(23)41-29/h6-11,13-14,18-19H,12,15-16H2,1-5H3,(H,33,35). The number of hydrogen-bond acceptors (Lipinski definition) is 7. The van der Waals surface area contributed by atoms with Crippen molar-refractivity contribution in [2.75, 3.05) is 12.4 Å². The number of rotatable bonds is 6. The van der Waals surface area contributed by atoms with Gasteiger partial charge in [0.05, 0.1) is 12.7 Å². The number of aromatic nitrogens is 1. The molecule has 1 amide bonds. The van der Waals surface area contributed by atoms with Crippen molar-refractivity contribution in [2.45, 2.75) is 46.1 Å². The number of methoxy groups -OCH3 is 1. The van der Waals surface area contributed by atoms with Crippen molar-refractivity contribution in [2.24, 2.45) is 13.0 Å². The molecule has 1 N–H and O–H groups in total. The Hall–Kier alpha value is -4.24. The van der Waals surface area contributed by atoms with Crippen LogP contribution in [0.25, 0.3) is 21.9 Å². The molecule has 0 saturated carbocycles. The molecule has 2 aromatic heterocycles. The van der Waals surface area contributed by atoms with Gasteiger partial charge in [0.2, 0.25) is 0 Å². The fourth-order valence-corrected chi connectivity index (χ4v) is 6.76. The molecule has 212 valence electrons. The summed E-state index contributed by atoms with van der Waals surface area (Å²) in [6, 6.07) is 14.8. The summed E-state index contributed by atoms with van der Waals surface area (Å²) in [6.45, 7) is 5.59. The lowest BCUT2D eigenvalue weighted by molar-refractivity contribution is -0.123. The van der Waals surface area contributed by atoms with Crippen LogP contribution in [0.15, 0.2) is 53.3 Å². The molecule has 2 aromatic carbocycles. The number of pyridine rings is 1. The van der Waals surface area contributed by atoms with Crippen molar-refractivity contribution in [1.29, 1.82) is 0 Å². The van der Waals surface area contributed by atoms with E-state index in [1.54, 1.807) is 18.2 Å². The number of anilines is 1. The minimum atomic E-state index is -1.21. The average molecular weight is 573 g/mol. The topological polar surface area (TPSA) is 104 Å². The van der Waals surface area contributed by atoms with Crippen molar-refractivity contribution in [3.8, 4) is 11.1 Å². The van der Waals surface area contributed by atoms with E-state index in [4.69, 9.17) is 9.47 Å². The summed E-state index contributed by atoms with van der Waals surface area (Å²) in [7, 11) is 2.83. The minimum absolute atomic E-state index is 0.0491. The number of ether oxygens (including phenoxy) is 2. The quantitative estimate of drug-likeness (QED) is 0.299. The van der Waals surface area contributed by atoms with Gasteiger partial charge in [-0.15, -0.1) is 11.3 Å². The Morgan fingerprint density at radius 1 is 1.05 bits per heavy atom. The van der Waals surface area contributed by atoms with Gasteiger partial charge in [0, 0.05) is 22.9 Å². The van der Waals surface area contributed by atoms with E-state index in [1.807, 2.05) is 37.3 Å². The van der Waals surface area contributed by atoms with Crippen LogP contribution in [-0.2, 0) is 34.2 Å². The Kier molecular flexibility index (Phi) is 7.82. The Morgan fingerprint density at radius 2 is 1.73 bits per heavy atom. The van der Waals surface area contributed by atoms with E-state index in [0.717, 1.165) is 40.8 Å². The van der Waals surface area contributed by atoms with Crippen LogP contribution in [0.4, 0.5) is 5.00 Å². The fourth-order valence-electron chi connectivity index (χ4n) is 5.36. The molecule has 0 bridgehead atoms. The average Bonchev–Trinajstić information content (AvgIpc) is 3.31. The van der Waals surface area contributed by atoms with Crippen LogP contribution in [0, 0.1) is 12.8 Å². The van der Waals surface area contributed by atoms with Gasteiger partial charge in [-0.25, -0.2) is 9.59 Å². The highest BCUT2D eigenvalue weighted by Crippen LogP contribution is 2.40. The van der Waals surface area contributed by atoms with E-state index in [0.29, 0.717) is 32.8 Å². The van der Waals surface area contributed by atoms with Crippen LogP contribution in [0.5, 0.6) is 0 Å². The van der Waals surface area contributed by atoms with Gasteiger partial charge in [-0.2, -0.15) is 0 Å². The number of thiophene rings is 1. The van der Waals surface area contributed by atoms with Gasteiger partial charge in [0.1, 0.15) is 10.7 Å². The largest absolute Gasteiger partial charge is 0.465 e. The highest BCUT2D eigenvalue weighted by Gasteiger charge is 2.31. The SMILES string of the molecule is COC(=O)c1c(NC(=O)C(C)OC(=O)c2c(-c3ccc(C)cc3)c3ccccc3c(=O)n2C)sc2c1CCC(C)C2. The number of aryl methyl sites for hydroxylation is 1. The van der Waals surface area contributed by atoms with Gasteiger partial charge >= 0.3 is 11.9 Å². The van der Waals surface area contributed by atoms with Crippen LogP contribution in [0.3, 0.4) is 0 Å². The van der Waals surface area contributed by atoms with Crippen LogP contribution in [0.2, 0.25) is 0 Å². The zero-order chi connectivity index (χ0) is 29.4. The van der Waals surface area contributed by atoms with Gasteiger partial charge < -0.3 is 19.4 Å². The van der Waals surface area contributed by atoms with Crippen LogP contribution >= 0.6 is 11.3 Å². The summed E-state index contributed by atoms with van der Waals surface area (Å²) < 4.78 is 12.0. The van der Waals surface area contributed by atoms with E-state index in [-0.39, 0.29) is 11.3 Å². The molecular formula is C32H32N2O6S. The zero-order valence-corrected chi connectivity index (χ0v) is 24.5. The second-order valence-corrected chi connectivity index (χ2v) is 11.7. The first-order chi connectivity index (χ1) is 19.6. The molecule has 0 aliphatic heterocycles. The summed E-state index contributed by atoms with van der Waals surface area (Å²) >= 11 is 1.36. The number of carbonyl (C=O) groups is 3. The molecule has 0 radical (unpaired) electrons. The highest BCUT2D eigenvalue weighted by atomic mass is 32.1. The minimum Gasteiger partial charge on any atom is -0.465 e. The molecule has 9 heteroatoms. The fraction of sp³-hybridized carbons (Fsp3) is 0.312. The molecule has 8 nitrogen and oxygen atoms in total. The first kappa shape index (κ1) is 28.3. The number of esters is 2. The van der Waals surface area contributed by atoms with Crippen molar-refractivity contribution in [3.05, 3.63) is 86.1 Å². The Labute approximate surface area is 241 Å². The number of fused-ring (bicyclic) bond motifs is 2. The molecule has 0 fully saturated rings. The first-order valence-corrected chi connectivity index (χ1v) is 14.4. The van der Waals surface area contributed by atoms with Gasteiger partial charge in [-0.05, 0) is 61.6 Å². The number of nitrogens with zero attached hydrogens (tertiary/aromatic N) is 1. The van der Waals surface area contributed by atoms with Gasteiger partial charge in [-0.3, -0.25) is 9.59 Å². The monoisotopic (exact) mass is 572 g/mol. The molecule has 5 rings (SSSR count). The van der Waals surface area contributed by atoms with Crippen molar-refractivity contribution >= 4 is 45.0 Å². The van der Waals surface area contributed by atoms with Crippen molar-refractivity contribution in [1.82, 2.24) is 4.57 Å². The van der Waals surface area contributed by atoms with Crippen LogP contribution < -0.4 is 10.9 Å². The predicted molar refractivity (Wildman–Crippen MR) is 160 cm³/mol. The predicted octanol–water partition coefficient (Wildman–Crippen LogP) is 5.67. The second kappa shape index (κ2) is 11.3. The molecule has 2 unspecified atom stereocenters. The maximum Gasteiger partial charge on any atom is 0.356 e. The molecule has 4 aromatic rings. The number of nitrogens with one attached hydrogen (secondary N) is 1. The molecule has 0 saturated heterocycles. The lowest BCUT2D eigenvalue weighted by atomic mass is 9.88. The molecule has 0 spiro atoms. The van der Waals surface area contributed by atoms with Gasteiger partial charge in [0.15, 0.2) is 6.10 Å². The third kappa shape index (κ3) is 5.29. The van der Waals surface area contributed by atoms with E-state index in [9.17, 15) is 19.2 Å². The lowest BCUT2D eigenvalue weighted by Crippen LogP contribution is -2.33. The highest BCUT2D eigenvalue weighted by molar-refractivity contribution is 7.17. The molecule has 41 heavy (non-hydrogen) atoms. The Balaban J connectivity index is 1.48. The normalized spacial score (nSPS) is 15.2. The van der Waals surface area contributed by atoms with Crippen LogP contribution in [0.1, 0.15) is 57.1 Å². The van der Waals surface area contributed by atoms with E-state index < -0.39 is 23.9 Å². The van der Waals surface area contributed by atoms with E-state index in [1.165, 1.54) is 37.0 Å². The molecule has 2 heterocycles. The number of hydrogen-bond donors (Lipinski definition) is 1. The number of amides is 1. The summed E-state index contributed by atoms with van der Waals surface area (Å²) in [5, 5.41) is 4.27. The van der Waals surface area contributed by atoms with E-state index in [2.05, 4.69) is 12.2 Å².